The number of hydrogen-bond donors (Lipinski definition) is 2. The molecule has 1 aromatic rings. The summed E-state index contributed by atoms with van der Waals surface area (Å²) in [6, 6.07) is 4.95. The number of nitrogens with zero attached hydrogens (tertiary/aromatic N) is 1. The van der Waals surface area contributed by atoms with Crippen molar-refractivity contribution in [3.63, 3.8) is 0 Å². The Kier molecular flexibility index (Phi) is 6.15. The molecule has 0 saturated carbocycles. The predicted molar refractivity (Wildman–Crippen MR) is 84.5 cm³/mol. The molecule has 1 heterocycles. The predicted octanol–water partition coefficient (Wildman–Crippen LogP) is 0.515. The van der Waals surface area contributed by atoms with E-state index in [9.17, 15) is 13.2 Å². The first kappa shape index (κ1) is 17.9. The van der Waals surface area contributed by atoms with Crippen molar-refractivity contribution in [3.8, 4) is 0 Å². The highest BCUT2D eigenvalue weighted by Crippen LogP contribution is 2.30. The summed E-state index contributed by atoms with van der Waals surface area (Å²) in [5, 5.41) is 2.82. The minimum absolute atomic E-state index is 0. The van der Waals surface area contributed by atoms with Gasteiger partial charge in [0.15, 0.2) is 0 Å². The molecule has 0 atom stereocenters. The second-order valence-corrected chi connectivity index (χ2v) is 6.38. The van der Waals surface area contributed by atoms with E-state index in [0.717, 1.165) is 12.0 Å². The zero-order valence-corrected chi connectivity index (χ0v) is 13.7. The Balaban J connectivity index is 0.00000220. The quantitative estimate of drug-likeness (QED) is 0.823. The monoisotopic (exact) mass is 333 g/mol. The highest BCUT2D eigenvalue weighted by atomic mass is 35.5. The van der Waals surface area contributed by atoms with Crippen molar-refractivity contribution in [2.45, 2.75) is 18.2 Å². The van der Waals surface area contributed by atoms with E-state index in [0.29, 0.717) is 18.8 Å². The number of fused-ring (bicyclic) bond motifs is 1. The summed E-state index contributed by atoms with van der Waals surface area (Å²) in [5.41, 5.74) is 1.70. The number of carbonyl (C=O) groups excluding carboxylic acids is 1. The van der Waals surface area contributed by atoms with Crippen LogP contribution in [0.15, 0.2) is 23.1 Å². The van der Waals surface area contributed by atoms with E-state index in [4.69, 9.17) is 0 Å². The molecule has 2 rings (SSSR count). The molecule has 0 radical (unpaired) electrons. The van der Waals surface area contributed by atoms with E-state index in [2.05, 4.69) is 10.0 Å². The van der Waals surface area contributed by atoms with E-state index in [-0.39, 0.29) is 29.8 Å². The van der Waals surface area contributed by atoms with Crippen LogP contribution in [0, 0.1) is 0 Å². The van der Waals surface area contributed by atoms with Gasteiger partial charge in [-0.25, -0.2) is 13.1 Å². The van der Waals surface area contributed by atoms with Crippen LogP contribution in [0.1, 0.15) is 12.5 Å². The van der Waals surface area contributed by atoms with E-state index in [1.54, 1.807) is 37.1 Å². The molecule has 1 amide bonds. The number of amides is 1. The van der Waals surface area contributed by atoms with Crippen LogP contribution < -0.4 is 14.9 Å². The van der Waals surface area contributed by atoms with Crippen molar-refractivity contribution in [1.82, 2.24) is 10.0 Å². The maximum absolute atomic E-state index is 12.0. The van der Waals surface area contributed by atoms with Gasteiger partial charge in [0.2, 0.25) is 15.9 Å². The molecule has 0 bridgehead atoms. The van der Waals surface area contributed by atoms with Gasteiger partial charge in [0.1, 0.15) is 0 Å². The molecule has 0 aliphatic carbocycles. The molecule has 118 valence electrons. The Labute approximate surface area is 131 Å². The Morgan fingerprint density at radius 2 is 2.10 bits per heavy atom. The number of nitrogens with one attached hydrogen (secondary N) is 2. The number of likely N-dealkylation sites (N-methyl/N-ethyl adjacent to an activating group) is 1. The third kappa shape index (κ3) is 3.74. The smallest absolute Gasteiger partial charge is 0.240 e. The molecule has 1 aliphatic heterocycles. The molecular weight excluding hydrogens is 314 g/mol. The Hall–Kier alpha value is -1.15. The minimum Gasteiger partial charge on any atom is -0.311 e. The van der Waals surface area contributed by atoms with Gasteiger partial charge in [-0.1, -0.05) is 13.0 Å². The number of anilines is 1. The second-order valence-electron chi connectivity index (χ2n) is 4.62. The standard InChI is InChI=1S/C13H19N3O3S.ClH/c1-3-15-20(18,19)11-5-4-10-6-7-16(12(10)8-11)13(17)9-14-2;/h4-5,8,14-15H,3,6-7,9H2,1-2H3;1H. The van der Waals surface area contributed by atoms with Crippen LogP contribution in [-0.4, -0.2) is 41.0 Å². The van der Waals surface area contributed by atoms with Crippen molar-refractivity contribution >= 4 is 34.0 Å². The lowest BCUT2D eigenvalue weighted by atomic mass is 10.2. The van der Waals surface area contributed by atoms with Gasteiger partial charge in [0, 0.05) is 18.8 Å². The third-order valence-corrected chi connectivity index (χ3v) is 4.77. The van der Waals surface area contributed by atoms with E-state index in [1.807, 2.05) is 0 Å². The summed E-state index contributed by atoms with van der Waals surface area (Å²) in [5.74, 6) is -0.0516. The summed E-state index contributed by atoms with van der Waals surface area (Å²) in [6.07, 6.45) is 0.756. The van der Waals surface area contributed by atoms with Crippen molar-refractivity contribution in [2.24, 2.45) is 0 Å². The summed E-state index contributed by atoms with van der Waals surface area (Å²) < 4.78 is 26.5. The van der Waals surface area contributed by atoms with E-state index in [1.165, 1.54) is 0 Å². The van der Waals surface area contributed by atoms with Gasteiger partial charge in [-0.05, 0) is 31.2 Å². The number of hydrogen-bond acceptors (Lipinski definition) is 4. The second kappa shape index (κ2) is 7.22. The van der Waals surface area contributed by atoms with Gasteiger partial charge in [0.05, 0.1) is 11.4 Å². The minimum atomic E-state index is -3.50. The normalized spacial score (nSPS) is 13.7. The van der Waals surface area contributed by atoms with Crippen molar-refractivity contribution < 1.29 is 13.2 Å². The zero-order valence-electron chi connectivity index (χ0n) is 12.0. The highest BCUT2D eigenvalue weighted by Gasteiger charge is 2.26. The Morgan fingerprint density at radius 1 is 1.38 bits per heavy atom. The van der Waals surface area contributed by atoms with Crippen LogP contribution in [0.25, 0.3) is 0 Å². The van der Waals surface area contributed by atoms with Gasteiger partial charge in [-0.15, -0.1) is 12.4 Å². The molecule has 8 heteroatoms. The molecule has 1 aliphatic rings. The van der Waals surface area contributed by atoms with E-state index >= 15 is 0 Å². The zero-order chi connectivity index (χ0) is 14.8. The molecule has 0 saturated heterocycles. The molecule has 1 aromatic carbocycles. The molecule has 0 spiro atoms. The van der Waals surface area contributed by atoms with Gasteiger partial charge in [0.25, 0.3) is 0 Å². The van der Waals surface area contributed by atoms with Crippen LogP contribution in [0.2, 0.25) is 0 Å². The van der Waals surface area contributed by atoms with Crippen molar-refractivity contribution in [2.75, 3.05) is 31.6 Å². The first-order valence-electron chi connectivity index (χ1n) is 6.57. The SMILES string of the molecule is CCNS(=O)(=O)c1ccc2c(c1)N(C(=O)CNC)CC2.Cl. The average Bonchev–Trinajstić information content (AvgIpc) is 2.81. The molecule has 2 N–H and O–H groups in total. The van der Waals surface area contributed by atoms with Gasteiger partial charge in [-0.3, -0.25) is 4.79 Å². The lowest BCUT2D eigenvalue weighted by molar-refractivity contribution is -0.117. The van der Waals surface area contributed by atoms with Crippen LogP contribution in [0.5, 0.6) is 0 Å². The fourth-order valence-electron chi connectivity index (χ4n) is 2.31. The first-order chi connectivity index (χ1) is 9.49. The topological polar surface area (TPSA) is 78.5 Å². The first-order valence-corrected chi connectivity index (χ1v) is 8.05. The van der Waals surface area contributed by atoms with E-state index < -0.39 is 10.0 Å². The molecule has 0 aromatic heterocycles. The fourth-order valence-corrected chi connectivity index (χ4v) is 3.37. The number of benzene rings is 1. The Bertz CT molecular complexity index is 619. The molecule has 0 fully saturated rings. The summed E-state index contributed by atoms with van der Waals surface area (Å²) in [7, 11) is -1.79. The number of rotatable bonds is 5. The number of carbonyl (C=O) groups is 1. The number of sulfonamides is 1. The molecule has 0 unspecified atom stereocenters. The summed E-state index contributed by atoms with van der Waals surface area (Å²) >= 11 is 0. The Morgan fingerprint density at radius 3 is 2.71 bits per heavy atom. The summed E-state index contributed by atoms with van der Waals surface area (Å²) in [4.78, 5) is 13.8. The largest absolute Gasteiger partial charge is 0.311 e. The molecule has 6 nitrogen and oxygen atoms in total. The highest BCUT2D eigenvalue weighted by molar-refractivity contribution is 7.89. The molecular formula is C13H20ClN3O3S. The molecule has 21 heavy (non-hydrogen) atoms. The van der Waals surface area contributed by atoms with Crippen LogP contribution >= 0.6 is 12.4 Å². The average molecular weight is 334 g/mol. The van der Waals surface area contributed by atoms with Crippen molar-refractivity contribution in [1.29, 1.82) is 0 Å². The van der Waals surface area contributed by atoms with Crippen molar-refractivity contribution in [3.05, 3.63) is 23.8 Å². The maximum Gasteiger partial charge on any atom is 0.240 e. The van der Waals surface area contributed by atoms with Crippen LogP contribution in [0.3, 0.4) is 0 Å². The summed E-state index contributed by atoms with van der Waals surface area (Å²) in [6.45, 7) is 2.90. The van der Waals surface area contributed by atoms with Crippen LogP contribution in [0.4, 0.5) is 5.69 Å². The lowest BCUT2D eigenvalue weighted by Crippen LogP contribution is -2.36. The van der Waals surface area contributed by atoms with Crippen LogP contribution in [-0.2, 0) is 21.2 Å². The third-order valence-electron chi connectivity index (χ3n) is 3.23. The fraction of sp³-hybridized carbons (Fsp3) is 0.462. The lowest BCUT2D eigenvalue weighted by Gasteiger charge is -2.18. The number of halogens is 1. The van der Waals surface area contributed by atoms with Gasteiger partial charge in [-0.2, -0.15) is 0 Å². The van der Waals surface area contributed by atoms with Gasteiger partial charge >= 0.3 is 0 Å². The maximum atomic E-state index is 12.0. The van der Waals surface area contributed by atoms with Gasteiger partial charge < -0.3 is 10.2 Å².